The van der Waals surface area contributed by atoms with Crippen molar-refractivity contribution < 1.29 is 14.3 Å². The molecule has 1 aliphatic heterocycles. The first-order valence-electron chi connectivity index (χ1n) is 8.01. The molecule has 20 heavy (non-hydrogen) atoms. The van der Waals surface area contributed by atoms with Crippen molar-refractivity contribution >= 4 is 6.09 Å². The van der Waals surface area contributed by atoms with Crippen molar-refractivity contribution in [2.24, 2.45) is 5.92 Å². The summed E-state index contributed by atoms with van der Waals surface area (Å²) < 4.78 is 11.5. The Kier molecular flexibility index (Phi) is 4.95. The van der Waals surface area contributed by atoms with E-state index >= 15 is 0 Å². The van der Waals surface area contributed by atoms with E-state index in [1.807, 2.05) is 25.7 Å². The number of hydrogen-bond donors (Lipinski definition) is 0. The van der Waals surface area contributed by atoms with Gasteiger partial charge in [-0.2, -0.15) is 0 Å². The molecule has 1 saturated heterocycles. The first kappa shape index (κ1) is 15.6. The Morgan fingerprint density at radius 1 is 1.15 bits per heavy atom. The van der Waals surface area contributed by atoms with Gasteiger partial charge in [0.2, 0.25) is 0 Å². The van der Waals surface area contributed by atoms with Gasteiger partial charge < -0.3 is 9.47 Å². The second-order valence-electron chi connectivity index (χ2n) is 7.18. The van der Waals surface area contributed by atoms with Crippen LogP contribution in [0.1, 0.15) is 66.2 Å². The summed E-state index contributed by atoms with van der Waals surface area (Å²) in [6.45, 7) is 8.59. The van der Waals surface area contributed by atoms with Gasteiger partial charge in [-0.1, -0.05) is 19.3 Å². The molecule has 1 heterocycles. The molecule has 4 nitrogen and oxygen atoms in total. The summed E-state index contributed by atoms with van der Waals surface area (Å²) in [5.74, 6) is 0.471. The summed E-state index contributed by atoms with van der Waals surface area (Å²) in [6, 6.07) is 0.200. The Labute approximate surface area is 122 Å². The molecule has 0 aromatic carbocycles. The highest BCUT2D eigenvalue weighted by molar-refractivity contribution is 5.69. The van der Waals surface area contributed by atoms with Crippen LogP contribution >= 0.6 is 0 Å². The van der Waals surface area contributed by atoms with E-state index in [1.54, 1.807) is 0 Å². The van der Waals surface area contributed by atoms with Crippen molar-refractivity contribution in [3.8, 4) is 0 Å². The van der Waals surface area contributed by atoms with Crippen LogP contribution in [-0.2, 0) is 9.47 Å². The van der Waals surface area contributed by atoms with Gasteiger partial charge in [-0.3, -0.25) is 4.90 Å². The molecule has 116 valence electrons. The van der Waals surface area contributed by atoms with E-state index in [0.717, 1.165) is 25.9 Å². The summed E-state index contributed by atoms with van der Waals surface area (Å²) in [4.78, 5) is 14.4. The lowest BCUT2D eigenvalue weighted by molar-refractivity contribution is -0.145. The number of nitrogens with zero attached hydrogens (tertiary/aromatic N) is 1. The number of rotatable bonds is 1. The molecule has 0 unspecified atom stereocenters. The molecular formula is C16H29NO3. The summed E-state index contributed by atoms with van der Waals surface area (Å²) in [6.07, 6.45) is 6.72. The molecule has 2 aliphatic rings. The van der Waals surface area contributed by atoms with E-state index in [1.165, 1.54) is 19.3 Å². The van der Waals surface area contributed by atoms with Crippen LogP contribution in [0.5, 0.6) is 0 Å². The SMILES string of the molecule is C[C@H]1CCO[C@@H](C2CCCCC2)N1C(=O)OC(C)(C)C. The third kappa shape index (κ3) is 3.87. The third-order valence-electron chi connectivity index (χ3n) is 4.23. The minimum Gasteiger partial charge on any atom is -0.444 e. The molecule has 0 radical (unpaired) electrons. The lowest BCUT2D eigenvalue weighted by Gasteiger charge is -2.44. The Morgan fingerprint density at radius 3 is 2.40 bits per heavy atom. The minimum atomic E-state index is -0.453. The normalized spacial score (nSPS) is 29.3. The predicted molar refractivity (Wildman–Crippen MR) is 78.5 cm³/mol. The Morgan fingerprint density at radius 2 is 1.80 bits per heavy atom. The average molecular weight is 283 g/mol. The van der Waals surface area contributed by atoms with Crippen LogP contribution in [0.15, 0.2) is 0 Å². The minimum absolute atomic E-state index is 0.0890. The second kappa shape index (κ2) is 6.33. The zero-order valence-corrected chi connectivity index (χ0v) is 13.4. The monoisotopic (exact) mass is 283 g/mol. The summed E-state index contributed by atoms with van der Waals surface area (Å²) in [7, 11) is 0. The number of ether oxygens (including phenoxy) is 2. The average Bonchev–Trinajstić information content (AvgIpc) is 2.37. The first-order chi connectivity index (χ1) is 9.38. The van der Waals surface area contributed by atoms with Crippen LogP contribution in [0.4, 0.5) is 4.79 Å². The Balaban J connectivity index is 2.09. The highest BCUT2D eigenvalue weighted by Gasteiger charge is 2.39. The van der Waals surface area contributed by atoms with E-state index in [2.05, 4.69) is 6.92 Å². The van der Waals surface area contributed by atoms with Crippen LogP contribution < -0.4 is 0 Å². The van der Waals surface area contributed by atoms with E-state index in [9.17, 15) is 4.79 Å². The predicted octanol–water partition coefficient (Wildman–Crippen LogP) is 3.94. The lowest BCUT2D eigenvalue weighted by Crippen LogP contribution is -2.55. The molecule has 1 saturated carbocycles. The molecule has 2 atom stereocenters. The fourth-order valence-electron chi connectivity index (χ4n) is 3.21. The summed E-state index contributed by atoms with van der Waals surface area (Å²) in [5, 5.41) is 0. The molecule has 1 amide bonds. The van der Waals surface area contributed by atoms with Crippen molar-refractivity contribution in [1.29, 1.82) is 0 Å². The maximum Gasteiger partial charge on any atom is 0.412 e. The van der Waals surface area contributed by atoms with Crippen molar-refractivity contribution in [2.75, 3.05) is 6.61 Å². The van der Waals surface area contributed by atoms with Gasteiger partial charge in [0.15, 0.2) is 0 Å². The largest absolute Gasteiger partial charge is 0.444 e. The van der Waals surface area contributed by atoms with Gasteiger partial charge in [0.05, 0.1) is 6.61 Å². The van der Waals surface area contributed by atoms with Crippen LogP contribution in [0, 0.1) is 5.92 Å². The van der Waals surface area contributed by atoms with E-state index < -0.39 is 5.60 Å². The molecule has 4 heteroatoms. The van der Waals surface area contributed by atoms with Crippen LogP contribution in [-0.4, -0.2) is 35.5 Å². The summed E-state index contributed by atoms with van der Waals surface area (Å²) in [5.41, 5.74) is -0.453. The third-order valence-corrected chi connectivity index (χ3v) is 4.23. The van der Waals surface area contributed by atoms with E-state index in [-0.39, 0.29) is 18.4 Å². The number of hydrogen-bond acceptors (Lipinski definition) is 3. The number of amides is 1. The van der Waals surface area contributed by atoms with Gasteiger partial charge in [0.1, 0.15) is 11.8 Å². The van der Waals surface area contributed by atoms with E-state index in [0.29, 0.717) is 5.92 Å². The van der Waals surface area contributed by atoms with Crippen LogP contribution in [0.3, 0.4) is 0 Å². The Bertz CT molecular complexity index is 331. The van der Waals surface area contributed by atoms with Crippen molar-refractivity contribution in [1.82, 2.24) is 4.90 Å². The fraction of sp³-hybridized carbons (Fsp3) is 0.938. The standard InChI is InChI=1S/C16H29NO3/c1-12-10-11-19-14(13-8-6-5-7-9-13)17(12)15(18)20-16(2,3)4/h12-14H,5-11H2,1-4H3/t12-,14-/m0/s1. The van der Waals surface area contributed by atoms with Crippen LogP contribution in [0.2, 0.25) is 0 Å². The van der Waals surface area contributed by atoms with Gasteiger partial charge in [0, 0.05) is 12.0 Å². The highest BCUT2D eigenvalue weighted by Crippen LogP contribution is 2.33. The topological polar surface area (TPSA) is 38.8 Å². The van der Waals surface area contributed by atoms with E-state index in [4.69, 9.17) is 9.47 Å². The molecule has 2 rings (SSSR count). The fourth-order valence-corrected chi connectivity index (χ4v) is 3.21. The van der Waals surface area contributed by atoms with Gasteiger partial charge >= 0.3 is 6.09 Å². The van der Waals surface area contributed by atoms with Gasteiger partial charge in [-0.25, -0.2) is 4.79 Å². The molecule has 0 bridgehead atoms. The zero-order valence-electron chi connectivity index (χ0n) is 13.4. The van der Waals surface area contributed by atoms with Crippen molar-refractivity contribution in [3.63, 3.8) is 0 Å². The maximum atomic E-state index is 12.5. The van der Waals surface area contributed by atoms with Crippen LogP contribution in [0.25, 0.3) is 0 Å². The zero-order chi connectivity index (χ0) is 14.8. The smallest absolute Gasteiger partial charge is 0.412 e. The molecule has 0 aromatic heterocycles. The lowest BCUT2D eigenvalue weighted by atomic mass is 9.86. The van der Waals surface area contributed by atoms with Crippen molar-refractivity contribution in [3.05, 3.63) is 0 Å². The first-order valence-corrected chi connectivity index (χ1v) is 8.01. The summed E-state index contributed by atoms with van der Waals surface area (Å²) >= 11 is 0. The maximum absolute atomic E-state index is 12.5. The Hall–Kier alpha value is -0.770. The highest BCUT2D eigenvalue weighted by atomic mass is 16.6. The molecule has 0 spiro atoms. The molecule has 0 N–H and O–H groups in total. The van der Waals surface area contributed by atoms with Crippen molar-refractivity contribution in [2.45, 2.75) is 84.1 Å². The molecule has 2 fully saturated rings. The quantitative estimate of drug-likeness (QED) is 0.731. The second-order valence-corrected chi connectivity index (χ2v) is 7.18. The van der Waals surface area contributed by atoms with Gasteiger partial charge in [-0.15, -0.1) is 0 Å². The van der Waals surface area contributed by atoms with Gasteiger partial charge in [-0.05, 0) is 47.0 Å². The number of carbonyl (C=O) groups is 1. The molecule has 1 aliphatic carbocycles. The molecule has 0 aromatic rings. The van der Waals surface area contributed by atoms with Gasteiger partial charge in [0.25, 0.3) is 0 Å². The molecular weight excluding hydrogens is 254 g/mol. The number of carbonyl (C=O) groups excluding carboxylic acids is 1.